The summed E-state index contributed by atoms with van der Waals surface area (Å²) < 4.78 is 32.1. The molecule has 2 aliphatic rings. The van der Waals surface area contributed by atoms with E-state index in [4.69, 9.17) is 4.74 Å². The Morgan fingerprint density at radius 1 is 1.05 bits per heavy atom. The summed E-state index contributed by atoms with van der Waals surface area (Å²) >= 11 is 0. The van der Waals surface area contributed by atoms with E-state index in [2.05, 4.69) is 0 Å². The van der Waals surface area contributed by atoms with Gasteiger partial charge in [-0.3, -0.25) is 4.79 Å². The van der Waals surface area contributed by atoms with Gasteiger partial charge in [0, 0.05) is 12.8 Å². The monoisotopic (exact) mass is 309 g/mol. The molecule has 0 bridgehead atoms. The van der Waals surface area contributed by atoms with Crippen LogP contribution in [0.4, 0.5) is 0 Å². The maximum absolute atomic E-state index is 12.7. The Balaban J connectivity index is 1.85. The third kappa shape index (κ3) is 2.82. The van der Waals surface area contributed by atoms with E-state index in [1.165, 1.54) is 12.1 Å². The SMILES string of the molecule is O=C1CCC(OC2CCCC2)N1S(=O)(=O)c1ccccc1. The number of ether oxygens (including phenoxy) is 1. The summed E-state index contributed by atoms with van der Waals surface area (Å²) in [5.41, 5.74) is 0. The quantitative estimate of drug-likeness (QED) is 0.856. The Bertz CT molecular complexity index is 608. The van der Waals surface area contributed by atoms with Crippen LogP contribution in [-0.4, -0.2) is 31.0 Å². The first kappa shape index (κ1) is 14.5. The number of carbonyl (C=O) groups excluding carboxylic acids is 1. The molecule has 3 rings (SSSR count). The fourth-order valence-corrected chi connectivity index (χ4v) is 4.55. The van der Waals surface area contributed by atoms with E-state index < -0.39 is 16.3 Å². The molecule has 0 aromatic heterocycles. The second-order valence-corrected chi connectivity index (χ2v) is 7.36. The Kier molecular flexibility index (Phi) is 3.99. The van der Waals surface area contributed by atoms with Gasteiger partial charge in [-0.2, -0.15) is 0 Å². The van der Waals surface area contributed by atoms with Crippen molar-refractivity contribution in [2.45, 2.75) is 55.8 Å². The summed E-state index contributed by atoms with van der Waals surface area (Å²) in [6.07, 6.45) is 4.21. The van der Waals surface area contributed by atoms with Crippen LogP contribution in [0.15, 0.2) is 35.2 Å². The molecule has 0 N–H and O–H groups in total. The van der Waals surface area contributed by atoms with Crippen molar-refractivity contribution in [3.8, 4) is 0 Å². The summed E-state index contributed by atoms with van der Waals surface area (Å²) in [6, 6.07) is 8.07. The van der Waals surface area contributed by atoms with E-state index in [1.54, 1.807) is 18.2 Å². The molecule has 6 heteroatoms. The van der Waals surface area contributed by atoms with Gasteiger partial charge in [0.2, 0.25) is 5.91 Å². The molecular formula is C15H19NO4S. The molecule has 1 saturated carbocycles. The van der Waals surface area contributed by atoms with Gasteiger partial charge in [0.15, 0.2) is 0 Å². The molecule has 1 atom stereocenters. The van der Waals surface area contributed by atoms with Gasteiger partial charge in [0.25, 0.3) is 10.0 Å². The zero-order chi connectivity index (χ0) is 14.9. The van der Waals surface area contributed by atoms with Gasteiger partial charge in [0.1, 0.15) is 6.23 Å². The fourth-order valence-electron chi connectivity index (χ4n) is 3.00. The van der Waals surface area contributed by atoms with E-state index in [0.717, 1.165) is 30.0 Å². The number of amides is 1. The number of benzene rings is 1. The number of nitrogens with zero attached hydrogens (tertiary/aromatic N) is 1. The molecule has 1 unspecified atom stereocenters. The maximum atomic E-state index is 12.7. The highest BCUT2D eigenvalue weighted by Crippen LogP contribution is 2.31. The molecular weight excluding hydrogens is 290 g/mol. The van der Waals surface area contributed by atoms with Crippen molar-refractivity contribution < 1.29 is 17.9 Å². The molecule has 1 aliphatic heterocycles. The van der Waals surface area contributed by atoms with Crippen molar-refractivity contribution in [2.75, 3.05) is 0 Å². The van der Waals surface area contributed by atoms with Crippen molar-refractivity contribution >= 4 is 15.9 Å². The van der Waals surface area contributed by atoms with Gasteiger partial charge in [-0.15, -0.1) is 0 Å². The zero-order valence-electron chi connectivity index (χ0n) is 11.8. The van der Waals surface area contributed by atoms with Crippen molar-refractivity contribution in [1.29, 1.82) is 0 Å². The van der Waals surface area contributed by atoms with Crippen LogP contribution in [-0.2, 0) is 19.6 Å². The second-order valence-electron chi connectivity index (χ2n) is 5.54. The lowest BCUT2D eigenvalue weighted by Crippen LogP contribution is -2.41. The van der Waals surface area contributed by atoms with E-state index in [1.807, 2.05) is 0 Å². The van der Waals surface area contributed by atoms with Gasteiger partial charge < -0.3 is 4.74 Å². The van der Waals surface area contributed by atoms with Gasteiger partial charge in [-0.05, 0) is 25.0 Å². The summed E-state index contributed by atoms with van der Waals surface area (Å²) in [5.74, 6) is -0.373. The summed E-state index contributed by atoms with van der Waals surface area (Å²) in [6.45, 7) is 0. The molecule has 2 fully saturated rings. The topological polar surface area (TPSA) is 63.7 Å². The molecule has 1 saturated heterocycles. The third-order valence-electron chi connectivity index (χ3n) is 4.06. The van der Waals surface area contributed by atoms with Crippen LogP contribution in [0.1, 0.15) is 38.5 Å². The predicted octanol–water partition coefficient (Wildman–Crippen LogP) is 2.28. The lowest BCUT2D eigenvalue weighted by molar-refractivity contribution is -0.130. The number of hydrogen-bond acceptors (Lipinski definition) is 4. The number of carbonyl (C=O) groups is 1. The highest BCUT2D eigenvalue weighted by atomic mass is 32.2. The van der Waals surface area contributed by atoms with Crippen molar-refractivity contribution in [1.82, 2.24) is 4.31 Å². The van der Waals surface area contributed by atoms with E-state index in [-0.39, 0.29) is 23.3 Å². The van der Waals surface area contributed by atoms with Gasteiger partial charge >= 0.3 is 0 Å². The first-order valence-electron chi connectivity index (χ1n) is 7.37. The molecule has 5 nitrogen and oxygen atoms in total. The standard InChI is InChI=1S/C15H19NO4S/c17-14-10-11-15(20-12-6-4-5-7-12)16(14)21(18,19)13-8-2-1-3-9-13/h1-3,8-9,12,15H,4-7,10-11H2. The Hall–Kier alpha value is -1.40. The highest BCUT2D eigenvalue weighted by molar-refractivity contribution is 7.89. The minimum atomic E-state index is -3.82. The number of hydrogen-bond donors (Lipinski definition) is 0. The lowest BCUT2D eigenvalue weighted by Gasteiger charge is -2.26. The Morgan fingerprint density at radius 3 is 2.38 bits per heavy atom. The average Bonchev–Trinajstić information content (AvgIpc) is 3.11. The number of rotatable bonds is 4. The summed E-state index contributed by atoms with van der Waals surface area (Å²) in [7, 11) is -3.82. The lowest BCUT2D eigenvalue weighted by atomic mass is 10.3. The largest absolute Gasteiger partial charge is 0.354 e. The van der Waals surface area contributed by atoms with Crippen LogP contribution in [0.3, 0.4) is 0 Å². The number of sulfonamides is 1. The van der Waals surface area contributed by atoms with Crippen LogP contribution < -0.4 is 0 Å². The maximum Gasteiger partial charge on any atom is 0.268 e. The molecule has 0 spiro atoms. The highest BCUT2D eigenvalue weighted by Gasteiger charge is 2.42. The summed E-state index contributed by atoms with van der Waals surface area (Å²) in [4.78, 5) is 12.2. The molecule has 1 amide bonds. The minimum Gasteiger partial charge on any atom is -0.354 e. The molecule has 21 heavy (non-hydrogen) atoms. The van der Waals surface area contributed by atoms with Crippen LogP contribution in [0.2, 0.25) is 0 Å². The zero-order valence-corrected chi connectivity index (χ0v) is 12.6. The van der Waals surface area contributed by atoms with Crippen molar-refractivity contribution in [3.05, 3.63) is 30.3 Å². The molecule has 1 aliphatic carbocycles. The van der Waals surface area contributed by atoms with Crippen LogP contribution in [0.25, 0.3) is 0 Å². The van der Waals surface area contributed by atoms with Crippen molar-refractivity contribution in [3.63, 3.8) is 0 Å². The first-order valence-corrected chi connectivity index (χ1v) is 8.81. The van der Waals surface area contributed by atoms with E-state index in [9.17, 15) is 13.2 Å². The fraction of sp³-hybridized carbons (Fsp3) is 0.533. The predicted molar refractivity (Wildman–Crippen MR) is 76.8 cm³/mol. The Morgan fingerprint density at radius 2 is 1.71 bits per heavy atom. The van der Waals surface area contributed by atoms with Crippen LogP contribution in [0, 0.1) is 0 Å². The average molecular weight is 309 g/mol. The van der Waals surface area contributed by atoms with Gasteiger partial charge in [-0.25, -0.2) is 12.7 Å². The Labute approximate surface area is 124 Å². The van der Waals surface area contributed by atoms with Gasteiger partial charge in [0.05, 0.1) is 11.0 Å². The van der Waals surface area contributed by atoms with Crippen LogP contribution in [0.5, 0.6) is 0 Å². The molecule has 1 aromatic rings. The smallest absolute Gasteiger partial charge is 0.268 e. The third-order valence-corrected chi connectivity index (χ3v) is 5.89. The summed E-state index contributed by atoms with van der Waals surface area (Å²) in [5, 5.41) is 0. The first-order chi connectivity index (χ1) is 10.1. The molecule has 1 heterocycles. The van der Waals surface area contributed by atoms with Gasteiger partial charge in [-0.1, -0.05) is 31.0 Å². The van der Waals surface area contributed by atoms with E-state index >= 15 is 0 Å². The minimum absolute atomic E-state index is 0.0781. The molecule has 1 aromatic carbocycles. The molecule has 0 radical (unpaired) electrons. The van der Waals surface area contributed by atoms with E-state index in [0.29, 0.717) is 6.42 Å². The molecule has 114 valence electrons. The van der Waals surface area contributed by atoms with Crippen LogP contribution >= 0.6 is 0 Å². The normalized spacial score (nSPS) is 23.9. The van der Waals surface area contributed by atoms with Crippen molar-refractivity contribution in [2.24, 2.45) is 0 Å². The second kappa shape index (κ2) is 5.77.